The second-order valence-corrected chi connectivity index (χ2v) is 7.48. The van der Waals surface area contributed by atoms with Crippen LogP contribution in [0.5, 0.6) is 0 Å². The molecule has 23 heavy (non-hydrogen) atoms. The maximum Gasteiger partial charge on any atom is 0.336 e. The first-order valence-corrected chi connectivity index (χ1v) is 8.99. The number of oxime groups is 1. The first-order chi connectivity index (χ1) is 10.8. The van der Waals surface area contributed by atoms with E-state index in [1.54, 1.807) is 18.2 Å². The van der Waals surface area contributed by atoms with Gasteiger partial charge in [0.2, 0.25) is 5.96 Å². The summed E-state index contributed by atoms with van der Waals surface area (Å²) in [4.78, 5) is 12.1. The van der Waals surface area contributed by atoms with Gasteiger partial charge in [0, 0.05) is 11.1 Å². The minimum absolute atomic E-state index is 0.210. The molecular formula is C13H12ClN3O4S2. The summed E-state index contributed by atoms with van der Waals surface area (Å²) >= 11 is 7.42. The maximum atomic E-state index is 12.1. The Morgan fingerprint density at radius 1 is 1.30 bits per heavy atom. The van der Waals surface area contributed by atoms with E-state index in [0.29, 0.717) is 9.90 Å². The van der Waals surface area contributed by atoms with E-state index in [4.69, 9.17) is 23.1 Å². The Hall–Kier alpha value is -2.10. The largest absolute Gasteiger partial charge is 0.367 e. The molecule has 0 radical (unpaired) electrons. The first-order valence-electron chi connectivity index (χ1n) is 6.15. The molecule has 0 atom stereocenters. The molecule has 2 rings (SSSR count). The lowest BCUT2D eigenvalue weighted by molar-refractivity contribution is 0.101. The number of rotatable bonds is 6. The van der Waals surface area contributed by atoms with E-state index in [2.05, 4.69) is 9.44 Å². The van der Waals surface area contributed by atoms with Crippen molar-refractivity contribution in [2.75, 3.05) is 5.75 Å². The number of Topliss-reactive ketones (excluding diaryl/α,β-unsaturated/α-hetero) is 1. The van der Waals surface area contributed by atoms with Crippen LogP contribution < -0.4 is 11.5 Å². The Kier molecular flexibility index (Phi) is 5.24. The molecule has 0 saturated carbocycles. The Balaban J connectivity index is 2.21. The van der Waals surface area contributed by atoms with Gasteiger partial charge >= 0.3 is 10.1 Å². The molecule has 1 heterocycles. The number of nitrogens with two attached hydrogens (primary N) is 2. The number of guanidine groups is 1. The molecule has 0 saturated heterocycles. The zero-order valence-corrected chi connectivity index (χ0v) is 14.0. The summed E-state index contributed by atoms with van der Waals surface area (Å²) in [5.41, 5.74) is 11.6. The van der Waals surface area contributed by atoms with Crippen molar-refractivity contribution in [3.63, 3.8) is 0 Å². The van der Waals surface area contributed by atoms with Crippen molar-refractivity contribution in [2.45, 2.75) is 0 Å². The SMILES string of the molecule is NC(N)=NOS(=O)(=O)CC(=O)c1cccc(-c2ccsc2Cl)c1. The lowest BCUT2D eigenvalue weighted by Crippen LogP contribution is -2.25. The van der Waals surface area contributed by atoms with E-state index >= 15 is 0 Å². The molecule has 1 aromatic heterocycles. The molecule has 0 bridgehead atoms. The van der Waals surface area contributed by atoms with Crippen LogP contribution in [0.1, 0.15) is 10.4 Å². The molecule has 122 valence electrons. The monoisotopic (exact) mass is 373 g/mol. The van der Waals surface area contributed by atoms with Crippen molar-refractivity contribution in [2.24, 2.45) is 16.6 Å². The van der Waals surface area contributed by atoms with Crippen LogP contribution in [0.3, 0.4) is 0 Å². The van der Waals surface area contributed by atoms with Crippen LogP contribution in [0.15, 0.2) is 40.9 Å². The molecule has 7 nitrogen and oxygen atoms in total. The van der Waals surface area contributed by atoms with E-state index < -0.39 is 27.6 Å². The summed E-state index contributed by atoms with van der Waals surface area (Å²) in [5.74, 6) is -2.09. The van der Waals surface area contributed by atoms with Crippen LogP contribution in [-0.4, -0.2) is 25.9 Å². The summed E-state index contributed by atoms with van der Waals surface area (Å²) in [6.45, 7) is 0. The average molecular weight is 374 g/mol. The van der Waals surface area contributed by atoms with E-state index in [1.165, 1.54) is 17.4 Å². The Morgan fingerprint density at radius 3 is 2.65 bits per heavy atom. The quantitative estimate of drug-likeness (QED) is 0.344. The van der Waals surface area contributed by atoms with Gasteiger partial charge in [-0.3, -0.25) is 9.08 Å². The predicted molar refractivity (Wildman–Crippen MR) is 89.8 cm³/mol. The summed E-state index contributed by atoms with van der Waals surface area (Å²) in [6.07, 6.45) is 0. The van der Waals surface area contributed by atoms with Gasteiger partial charge in [-0.25, -0.2) is 0 Å². The van der Waals surface area contributed by atoms with Crippen molar-refractivity contribution in [3.05, 3.63) is 45.6 Å². The molecule has 1 aromatic carbocycles. The van der Waals surface area contributed by atoms with Crippen molar-refractivity contribution >= 4 is 44.8 Å². The van der Waals surface area contributed by atoms with Gasteiger partial charge in [0.25, 0.3) is 0 Å². The number of hydrogen-bond donors (Lipinski definition) is 2. The number of hydrogen-bond acceptors (Lipinski definition) is 6. The minimum atomic E-state index is -4.22. The highest BCUT2D eigenvalue weighted by atomic mass is 35.5. The van der Waals surface area contributed by atoms with E-state index in [9.17, 15) is 13.2 Å². The number of carbonyl (C=O) groups excluding carboxylic acids is 1. The normalized spacial score (nSPS) is 11.0. The fourth-order valence-electron chi connectivity index (χ4n) is 1.73. The smallest absolute Gasteiger partial charge is 0.336 e. The third-order valence-electron chi connectivity index (χ3n) is 2.68. The number of benzene rings is 1. The van der Waals surface area contributed by atoms with Crippen molar-refractivity contribution in [1.82, 2.24) is 0 Å². The molecule has 0 amide bonds. The van der Waals surface area contributed by atoms with Gasteiger partial charge in [-0.15, -0.1) is 11.3 Å². The second-order valence-electron chi connectivity index (χ2n) is 4.40. The first kappa shape index (κ1) is 17.3. The number of ketones is 1. The highest BCUT2D eigenvalue weighted by Gasteiger charge is 2.20. The van der Waals surface area contributed by atoms with E-state index in [1.807, 2.05) is 11.4 Å². The van der Waals surface area contributed by atoms with Gasteiger partial charge in [0.15, 0.2) is 11.5 Å². The molecule has 2 aromatic rings. The molecule has 0 fully saturated rings. The third kappa shape index (κ3) is 4.68. The van der Waals surface area contributed by atoms with E-state index in [0.717, 1.165) is 5.56 Å². The second kappa shape index (κ2) is 6.99. The van der Waals surface area contributed by atoms with Crippen molar-refractivity contribution in [3.8, 4) is 11.1 Å². The van der Waals surface area contributed by atoms with Gasteiger partial charge < -0.3 is 11.5 Å². The third-order valence-corrected chi connectivity index (χ3v) is 4.76. The van der Waals surface area contributed by atoms with Gasteiger partial charge in [-0.2, -0.15) is 8.42 Å². The van der Waals surface area contributed by atoms with Crippen LogP contribution in [0.2, 0.25) is 4.34 Å². The van der Waals surface area contributed by atoms with Crippen LogP contribution in [-0.2, 0) is 14.4 Å². The van der Waals surface area contributed by atoms with Gasteiger partial charge in [-0.1, -0.05) is 29.8 Å². The van der Waals surface area contributed by atoms with Gasteiger partial charge in [0.05, 0.1) is 0 Å². The van der Waals surface area contributed by atoms with Gasteiger partial charge in [-0.05, 0) is 28.2 Å². The molecule has 0 spiro atoms. The van der Waals surface area contributed by atoms with Crippen LogP contribution in [0.4, 0.5) is 0 Å². The predicted octanol–water partition coefficient (Wildman–Crippen LogP) is 1.79. The fourth-order valence-corrected chi connectivity index (χ4v) is 3.43. The van der Waals surface area contributed by atoms with Gasteiger partial charge in [0.1, 0.15) is 4.34 Å². The molecular weight excluding hydrogens is 362 g/mol. The van der Waals surface area contributed by atoms with E-state index in [-0.39, 0.29) is 5.56 Å². The molecule has 0 aliphatic carbocycles. The number of thiophene rings is 1. The Bertz CT molecular complexity index is 858. The summed E-state index contributed by atoms with van der Waals surface area (Å²) in [6, 6.07) is 8.29. The highest BCUT2D eigenvalue weighted by Crippen LogP contribution is 2.32. The maximum absolute atomic E-state index is 12.1. The number of nitrogens with zero attached hydrogens (tertiary/aromatic N) is 1. The number of carbonyl (C=O) groups is 1. The number of halogens is 1. The zero-order chi connectivity index (χ0) is 17.0. The Morgan fingerprint density at radius 2 is 2.04 bits per heavy atom. The molecule has 4 N–H and O–H groups in total. The van der Waals surface area contributed by atoms with Crippen molar-refractivity contribution < 1.29 is 17.5 Å². The molecule has 0 aliphatic rings. The molecule has 0 unspecified atom stereocenters. The lowest BCUT2D eigenvalue weighted by atomic mass is 10.0. The standard InChI is InChI=1S/C13H12ClN3O4S2/c14-12-10(4-5-22-12)8-2-1-3-9(6-8)11(18)7-23(19,20)21-17-13(15)16/h1-6H,7H2,(H4,15,16,17). The average Bonchev–Trinajstić information content (AvgIpc) is 2.91. The molecule has 10 heteroatoms. The van der Waals surface area contributed by atoms with Crippen LogP contribution in [0.25, 0.3) is 11.1 Å². The van der Waals surface area contributed by atoms with Crippen LogP contribution >= 0.6 is 22.9 Å². The fraction of sp³-hybridized carbons (Fsp3) is 0.0769. The van der Waals surface area contributed by atoms with Crippen LogP contribution in [0, 0.1) is 0 Å². The summed E-state index contributed by atoms with van der Waals surface area (Å²) in [7, 11) is -4.22. The van der Waals surface area contributed by atoms with Crippen molar-refractivity contribution in [1.29, 1.82) is 0 Å². The molecule has 0 aliphatic heterocycles. The summed E-state index contributed by atoms with van der Waals surface area (Å²) < 4.78 is 28.0. The minimum Gasteiger partial charge on any atom is -0.367 e. The topological polar surface area (TPSA) is 125 Å². The summed E-state index contributed by atoms with van der Waals surface area (Å²) in [5, 5.41) is 4.75. The Labute approximate surface area is 141 Å². The highest BCUT2D eigenvalue weighted by molar-refractivity contribution is 7.87. The lowest BCUT2D eigenvalue weighted by Gasteiger charge is -2.05. The zero-order valence-electron chi connectivity index (χ0n) is 11.6.